The predicted molar refractivity (Wildman–Crippen MR) is 71.6 cm³/mol. The van der Waals surface area contributed by atoms with Crippen molar-refractivity contribution in [2.45, 2.75) is 6.04 Å². The first-order valence-corrected chi connectivity index (χ1v) is 6.67. The van der Waals surface area contributed by atoms with Gasteiger partial charge in [-0.3, -0.25) is 4.90 Å². The van der Waals surface area contributed by atoms with Gasteiger partial charge in [0.05, 0.1) is 17.3 Å². The SMILES string of the molecule is N#Cc1ccc(N2CC(N3CCNCC3)C2)c(F)c1. The summed E-state index contributed by atoms with van der Waals surface area (Å²) in [4.78, 5) is 4.51. The summed E-state index contributed by atoms with van der Waals surface area (Å²) in [5.74, 6) is -0.294. The number of anilines is 1. The van der Waals surface area contributed by atoms with Crippen LogP contribution in [0.25, 0.3) is 0 Å². The Kier molecular flexibility index (Phi) is 3.36. The molecule has 0 aromatic heterocycles. The third-order valence-electron chi connectivity index (χ3n) is 3.95. The first kappa shape index (κ1) is 12.4. The quantitative estimate of drug-likeness (QED) is 0.854. The van der Waals surface area contributed by atoms with E-state index in [2.05, 4.69) is 10.2 Å². The van der Waals surface area contributed by atoms with E-state index in [1.165, 1.54) is 6.07 Å². The summed E-state index contributed by atoms with van der Waals surface area (Å²) in [6.07, 6.45) is 0. The molecule has 0 saturated carbocycles. The number of halogens is 1. The highest BCUT2D eigenvalue weighted by Gasteiger charge is 2.33. The molecule has 1 aromatic carbocycles. The molecule has 3 rings (SSSR count). The molecule has 5 heteroatoms. The zero-order valence-corrected chi connectivity index (χ0v) is 10.8. The molecule has 0 spiro atoms. The van der Waals surface area contributed by atoms with E-state index in [0.29, 0.717) is 17.3 Å². The second-order valence-corrected chi connectivity index (χ2v) is 5.12. The minimum Gasteiger partial charge on any atom is -0.366 e. The van der Waals surface area contributed by atoms with Crippen LogP contribution in [0.4, 0.5) is 10.1 Å². The zero-order valence-electron chi connectivity index (χ0n) is 10.8. The minimum atomic E-state index is -0.294. The van der Waals surface area contributed by atoms with Crippen LogP contribution in [0.1, 0.15) is 5.56 Å². The van der Waals surface area contributed by atoms with Crippen LogP contribution in [0.3, 0.4) is 0 Å². The Morgan fingerprint density at radius 1 is 1.26 bits per heavy atom. The number of rotatable bonds is 2. The highest BCUT2D eigenvalue weighted by atomic mass is 19.1. The second kappa shape index (κ2) is 5.16. The maximum absolute atomic E-state index is 13.9. The van der Waals surface area contributed by atoms with Crippen molar-refractivity contribution in [1.29, 1.82) is 5.26 Å². The first-order valence-electron chi connectivity index (χ1n) is 6.67. The van der Waals surface area contributed by atoms with Gasteiger partial charge in [-0.15, -0.1) is 0 Å². The lowest BCUT2D eigenvalue weighted by Gasteiger charge is -2.48. The standard InChI is InChI=1S/C14H17FN4/c15-13-7-11(8-16)1-2-14(13)19-9-12(10-19)18-5-3-17-4-6-18/h1-2,7,12,17H,3-6,9-10H2. The van der Waals surface area contributed by atoms with Gasteiger partial charge in [0, 0.05) is 45.3 Å². The maximum Gasteiger partial charge on any atom is 0.147 e. The van der Waals surface area contributed by atoms with Crippen molar-refractivity contribution in [1.82, 2.24) is 10.2 Å². The van der Waals surface area contributed by atoms with Crippen LogP contribution in [-0.4, -0.2) is 50.2 Å². The van der Waals surface area contributed by atoms with E-state index < -0.39 is 0 Å². The van der Waals surface area contributed by atoms with Crippen molar-refractivity contribution in [2.24, 2.45) is 0 Å². The van der Waals surface area contributed by atoms with Gasteiger partial charge >= 0.3 is 0 Å². The lowest BCUT2D eigenvalue weighted by Crippen LogP contribution is -2.63. The van der Waals surface area contributed by atoms with Gasteiger partial charge in [0.1, 0.15) is 5.82 Å². The van der Waals surface area contributed by atoms with Crippen molar-refractivity contribution in [3.05, 3.63) is 29.6 Å². The highest BCUT2D eigenvalue weighted by molar-refractivity contribution is 5.53. The Labute approximate surface area is 112 Å². The van der Waals surface area contributed by atoms with E-state index in [9.17, 15) is 4.39 Å². The Hall–Kier alpha value is -1.64. The topological polar surface area (TPSA) is 42.3 Å². The molecule has 0 amide bonds. The van der Waals surface area contributed by atoms with Crippen LogP contribution in [0.15, 0.2) is 18.2 Å². The smallest absolute Gasteiger partial charge is 0.147 e. The van der Waals surface area contributed by atoms with Crippen LogP contribution >= 0.6 is 0 Å². The molecule has 0 aliphatic carbocycles. The second-order valence-electron chi connectivity index (χ2n) is 5.12. The summed E-state index contributed by atoms with van der Waals surface area (Å²) in [6, 6.07) is 7.20. The summed E-state index contributed by atoms with van der Waals surface area (Å²) in [7, 11) is 0. The number of nitrogens with one attached hydrogen (secondary N) is 1. The van der Waals surface area contributed by atoms with Crippen molar-refractivity contribution in [3.8, 4) is 6.07 Å². The number of piperazine rings is 1. The van der Waals surface area contributed by atoms with Crippen molar-refractivity contribution >= 4 is 5.69 Å². The molecule has 0 radical (unpaired) electrons. The Balaban J connectivity index is 1.62. The summed E-state index contributed by atoms with van der Waals surface area (Å²) in [6.45, 7) is 6.00. The van der Waals surface area contributed by atoms with Crippen LogP contribution in [-0.2, 0) is 0 Å². The molecular formula is C14H17FN4. The van der Waals surface area contributed by atoms with Gasteiger partial charge < -0.3 is 10.2 Å². The number of hydrogen-bond acceptors (Lipinski definition) is 4. The molecular weight excluding hydrogens is 243 g/mol. The lowest BCUT2D eigenvalue weighted by molar-refractivity contribution is 0.147. The molecule has 4 nitrogen and oxygen atoms in total. The van der Waals surface area contributed by atoms with E-state index in [4.69, 9.17) is 5.26 Å². The fraction of sp³-hybridized carbons (Fsp3) is 0.500. The van der Waals surface area contributed by atoms with E-state index in [0.717, 1.165) is 39.3 Å². The van der Waals surface area contributed by atoms with Crippen LogP contribution in [0, 0.1) is 17.1 Å². The molecule has 2 saturated heterocycles. The van der Waals surface area contributed by atoms with Crippen LogP contribution < -0.4 is 10.2 Å². The largest absolute Gasteiger partial charge is 0.366 e. The summed E-state index contributed by atoms with van der Waals surface area (Å²) < 4.78 is 13.9. The average molecular weight is 260 g/mol. The molecule has 100 valence electrons. The summed E-state index contributed by atoms with van der Waals surface area (Å²) in [5.41, 5.74) is 0.991. The van der Waals surface area contributed by atoms with Crippen molar-refractivity contribution in [2.75, 3.05) is 44.2 Å². The fourth-order valence-electron chi connectivity index (χ4n) is 2.76. The van der Waals surface area contributed by atoms with Gasteiger partial charge in [0.25, 0.3) is 0 Å². The third-order valence-corrected chi connectivity index (χ3v) is 3.95. The van der Waals surface area contributed by atoms with Gasteiger partial charge in [-0.05, 0) is 18.2 Å². The maximum atomic E-state index is 13.9. The molecule has 2 aliphatic rings. The van der Waals surface area contributed by atoms with Gasteiger partial charge in [0.2, 0.25) is 0 Å². The lowest BCUT2D eigenvalue weighted by atomic mass is 10.0. The Morgan fingerprint density at radius 3 is 2.63 bits per heavy atom. The van der Waals surface area contributed by atoms with Gasteiger partial charge in [-0.1, -0.05) is 0 Å². The predicted octanol–water partition coefficient (Wildman–Crippen LogP) is 0.791. The molecule has 1 N–H and O–H groups in total. The minimum absolute atomic E-state index is 0.294. The normalized spacial score (nSPS) is 20.9. The monoisotopic (exact) mass is 260 g/mol. The number of benzene rings is 1. The summed E-state index contributed by atoms with van der Waals surface area (Å²) >= 11 is 0. The number of nitrogens with zero attached hydrogens (tertiary/aromatic N) is 3. The Bertz CT molecular complexity index is 499. The third kappa shape index (κ3) is 2.42. The molecule has 2 fully saturated rings. The fourth-order valence-corrected chi connectivity index (χ4v) is 2.76. The van der Waals surface area contributed by atoms with Gasteiger partial charge in [0.15, 0.2) is 0 Å². The average Bonchev–Trinajstić information content (AvgIpc) is 2.40. The molecule has 0 unspecified atom stereocenters. The van der Waals surface area contributed by atoms with Gasteiger partial charge in [-0.2, -0.15) is 5.26 Å². The van der Waals surface area contributed by atoms with Crippen LogP contribution in [0.2, 0.25) is 0 Å². The van der Waals surface area contributed by atoms with Crippen molar-refractivity contribution in [3.63, 3.8) is 0 Å². The van der Waals surface area contributed by atoms with E-state index in [-0.39, 0.29) is 5.82 Å². The first-order chi connectivity index (χ1) is 9.28. The van der Waals surface area contributed by atoms with Crippen molar-refractivity contribution < 1.29 is 4.39 Å². The van der Waals surface area contributed by atoms with E-state index >= 15 is 0 Å². The Morgan fingerprint density at radius 2 is 2.00 bits per heavy atom. The van der Waals surface area contributed by atoms with Gasteiger partial charge in [-0.25, -0.2) is 4.39 Å². The van der Waals surface area contributed by atoms with Crippen LogP contribution in [0.5, 0.6) is 0 Å². The molecule has 19 heavy (non-hydrogen) atoms. The van der Waals surface area contributed by atoms with E-state index in [1.807, 2.05) is 11.0 Å². The molecule has 2 aliphatic heterocycles. The molecule has 0 bridgehead atoms. The number of hydrogen-bond donors (Lipinski definition) is 1. The zero-order chi connectivity index (χ0) is 13.2. The van der Waals surface area contributed by atoms with E-state index in [1.54, 1.807) is 12.1 Å². The number of nitriles is 1. The molecule has 0 atom stereocenters. The highest BCUT2D eigenvalue weighted by Crippen LogP contribution is 2.27. The molecule has 1 aromatic rings. The molecule has 2 heterocycles. The summed E-state index contributed by atoms with van der Waals surface area (Å²) in [5, 5.41) is 12.1.